The molecule has 4 nitrogen and oxygen atoms in total. The van der Waals surface area contributed by atoms with Gasteiger partial charge in [0.1, 0.15) is 5.69 Å². The lowest BCUT2D eigenvalue weighted by Gasteiger charge is -2.11. The van der Waals surface area contributed by atoms with Gasteiger partial charge in [0.05, 0.1) is 6.61 Å². The van der Waals surface area contributed by atoms with Crippen molar-refractivity contribution < 1.29 is 9.53 Å². The molecule has 0 saturated carbocycles. The van der Waals surface area contributed by atoms with Crippen LogP contribution in [0.4, 0.5) is 0 Å². The summed E-state index contributed by atoms with van der Waals surface area (Å²) in [7, 11) is 0. The molecule has 0 bridgehead atoms. The molecule has 1 aromatic carbocycles. The predicted molar refractivity (Wildman–Crippen MR) is 73.8 cm³/mol. The van der Waals surface area contributed by atoms with E-state index in [4.69, 9.17) is 10.5 Å². The second-order valence-corrected chi connectivity index (χ2v) is 4.21. The fourth-order valence-electron chi connectivity index (χ4n) is 2.04. The number of rotatable bonds is 5. The Morgan fingerprint density at radius 1 is 1.21 bits per heavy atom. The van der Waals surface area contributed by atoms with Crippen LogP contribution in [0.5, 0.6) is 0 Å². The van der Waals surface area contributed by atoms with Crippen LogP contribution in [0.15, 0.2) is 42.6 Å². The Morgan fingerprint density at radius 3 is 2.63 bits per heavy atom. The minimum Gasteiger partial charge on any atom is -0.461 e. The van der Waals surface area contributed by atoms with Crippen LogP contribution in [-0.2, 0) is 17.8 Å². The molecule has 0 spiro atoms. The first-order valence-electron chi connectivity index (χ1n) is 6.35. The van der Waals surface area contributed by atoms with Crippen molar-refractivity contribution >= 4 is 5.97 Å². The highest BCUT2D eigenvalue weighted by Crippen LogP contribution is 2.13. The molecule has 4 heteroatoms. The zero-order chi connectivity index (χ0) is 13.7. The number of hydrogen-bond acceptors (Lipinski definition) is 3. The molecular weight excluding hydrogens is 240 g/mol. The van der Waals surface area contributed by atoms with Gasteiger partial charge in [0.25, 0.3) is 0 Å². The topological polar surface area (TPSA) is 57.2 Å². The summed E-state index contributed by atoms with van der Waals surface area (Å²) in [6, 6.07) is 11.6. The molecule has 0 unspecified atom stereocenters. The van der Waals surface area contributed by atoms with Crippen molar-refractivity contribution in [3.05, 3.63) is 59.4 Å². The molecule has 0 aliphatic rings. The van der Waals surface area contributed by atoms with Gasteiger partial charge in [-0.15, -0.1) is 0 Å². The summed E-state index contributed by atoms with van der Waals surface area (Å²) >= 11 is 0. The van der Waals surface area contributed by atoms with Crippen molar-refractivity contribution in [1.29, 1.82) is 0 Å². The van der Waals surface area contributed by atoms with E-state index >= 15 is 0 Å². The molecular formula is C15H18N2O2. The van der Waals surface area contributed by atoms with Gasteiger partial charge in [0.2, 0.25) is 0 Å². The summed E-state index contributed by atoms with van der Waals surface area (Å²) < 4.78 is 6.92. The predicted octanol–water partition coefficient (Wildman–Crippen LogP) is 2.17. The Morgan fingerprint density at radius 2 is 1.95 bits per heavy atom. The van der Waals surface area contributed by atoms with Crippen LogP contribution in [0.25, 0.3) is 0 Å². The van der Waals surface area contributed by atoms with Crippen molar-refractivity contribution in [3.8, 4) is 0 Å². The Hall–Kier alpha value is -2.07. The first-order valence-corrected chi connectivity index (χ1v) is 6.35. The third-order valence-corrected chi connectivity index (χ3v) is 2.99. The zero-order valence-corrected chi connectivity index (χ0v) is 11.0. The molecule has 0 radical (unpaired) electrons. The molecule has 0 fully saturated rings. The van der Waals surface area contributed by atoms with Gasteiger partial charge in [0, 0.05) is 19.3 Å². The maximum absolute atomic E-state index is 11.8. The van der Waals surface area contributed by atoms with E-state index in [1.165, 1.54) is 0 Å². The third-order valence-electron chi connectivity index (χ3n) is 2.99. The van der Waals surface area contributed by atoms with Crippen LogP contribution in [0, 0.1) is 0 Å². The lowest BCUT2D eigenvalue weighted by molar-refractivity contribution is 0.0514. The van der Waals surface area contributed by atoms with E-state index in [2.05, 4.69) is 0 Å². The van der Waals surface area contributed by atoms with E-state index in [1.54, 1.807) is 13.0 Å². The van der Waals surface area contributed by atoms with E-state index in [9.17, 15) is 4.79 Å². The van der Waals surface area contributed by atoms with Crippen molar-refractivity contribution in [2.45, 2.75) is 20.0 Å². The highest BCUT2D eigenvalue weighted by atomic mass is 16.5. The summed E-state index contributed by atoms with van der Waals surface area (Å²) in [5.41, 5.74) is 8.49. The molecule has 0 aliphatic heterocycles. The number of benzene rings is 1. The summed E-state index contributed by atoms with van der Waals surface area (Å²) in [6.07, 6.45) is 1.87. The lowest BCUT2D eigenvalue weighted by Crippen LogP contribution is -2.13. The number of aromatic nitrogens is 1. The lowest BCUT2D eigenvalue weighted by atomic mass is 10.1. The molecule has 0 aliphatic carbocycles. The van der Waals surface area contributed by atoms with E-state index in [0.29, 0.717) is 25.4 Å². The highest BCUT2D eigenvalue weighted by Gasteiger charge is 2.12. The Kier molecular flexibility index (Phi) is 4.36. The standard InChI is InChI=1S/C15H18N2O2/c1-2-19-15(18)14-8-5-9-17(14)11-13-7-4-3-6-12(13)10-16/h3-9H,2,10-11,16H2,1H3. The van der Waals surface area contributed by atoms with Gasteiger partial charge in [-0.2, -0.15) is 0 Å². The van der Waals surface area contributed by atoms with Gasteiger partial charge in [-0.1, -0.05) is 24.3 Å². The molecule has 100 valence electrons. The molecule has 1 heterocycles. The smallest absolute Gasteiger partial charge is 0.354 e. The second-order valence-electron chi connectivity index (χ2n) is 4.21. The summed E-state index contributed by atoms with van der Waals surface area (Å²) in [6.45, 7) is 3.29. The fourth-order valence-corrected chi connectivity index (χ4v) is 2.04. The van der Waals surface area contributed by atoms with Gasteiger partial charge in [-0.05, 0) is 30.2 Å². The van der Waals surface area contributed by atoms with Gasteiger partial charge in [-0.25, -0.2) is 4.79 Å². The van der Waals surface area contributed by atoms with E-state index < -0.39 is 0 Å². The van der Waals surface area contributed by atoms with E-state index in [-0.39, 0.29) is 5.97 Å². The maximum Gasteiger partial charge on any atom is 0.354 e. The molecule has 2 rings (SSSR count). The number of carbonyl (C=O) groups excluding carboxylic acids is 1. The third kappa shape index (κ3) is 3.03. The SMILES string of the molecule is CCOC(=O)c1cccn1Cc1ccccc1CN. The number of carbonyl (C=O) groups is 1. The maximum atomic E-state index is 11.8. The number of hydrogen-bond donors (Lipinski definition) is 1. The monoisotopic (exact) mass is 258 g/mol. The first kappa shape index (κ1) is 13.4. The molecule has 0 saturated heterocycles. The van der Waals surface area contributed by atoms with Crippen molar-refractivity contribution in [1.82, 2.24) is 4.57 Å². The molecule has 1 aromatic heterocycles. The minimum atomic E-state index is -0.294. The molecule has 19 heavy (non-hydrogen) atoms. The first-order chi connectivity index (χ1) is 9.26. The normalized spacial score (nSPS) is 10.4. The van der Waals surface area contributed by atoms with Crippen LogP contribution in [0.1, 0.15) is 28.5 Å². The number of nitrogens with two attached hydrogens (primary N) is 1. The van der Waals surface area contributed by atoms with Crippen molar-refractivity contribution in [2.24, 2.45) is 5.73 Å². The van der Waals surface area contributed by atoms with Gasteiger partial charge >= 0.3 is 5.97 Å². The fraction of sp³-hybridized carbons (Fsp3) is 0.267. The Labute approximate surface area is 112 Å². The average molecular weight is 258 g/mol. The summed E-state index contributed by atoms with van der Waals surface area (Å²) in [5, 5.41) is 0. The van der Waals surface area contributed by atoms with Crippen LogP contribution in [0.3, 0.4) is 0 Å². The molecule has 0 atom stereocenters. The summed E-state index contributed by atoms with van der Waals surface area (Å²) in [5.74, 6) is -0.294. The van der Waals surface area contributed by atoms with E-state index in [1.807, 2.05) is 41.1 Å². The van der Waals surface area contributed by atoms with Gasteiger partial charge in [0.15, 0.2) is 0 Å². The largest absolute Gasteiger partial charge is 0.461 e. The van der Waals surface area contributed by atoms with Crippen LogP contribution < -0.4 is 5.73 Å². The average Bonchev–Trinajstić information content (AvgIpc) is 2.88. The number of nitrogens with zero attached hydrogens (tertiary/aromatic N) is 1. The van der Waals surface area contributed by atoms with Crippen molar-refractivity contribution in [2.75, 3.05) is 6.61 Å². The molecule has 0 amide bonds. The van der Waals surface area contributed by atoms with Crippen LogP contribution in [0.2, 0.25) is 0 Å². The molecule has 2 aromatic rings. The van der Waals surface area contributed by atoms with Crippen LogP contribution in [-0.4, -0.2) is 17.1 Å². The zero-order valence-electron chi connectivity index (χ0n) is 11.0. The second kappa shape index (κ2) is 6.20. The van der Waals surface area contributed by atoms with E-state index in [0.717, 1.165) is 11.1 Å². The summed E-state index contributed by atoms with van der Waals surface area (Å²) in [4.78, 5) is 11.8. The Balaban J connectivity index is 2.24. The Bertz CT molecular complexity index is 561. The van der Waals surface area contributed by atoms with Gasteiger partial charge in [-0.3, -0.25) is 0 Å². The number of esters is 1. The molecule has 2 N–H and O–H groups in total. The highest BCUT2D eigenvalue weighted by molar-refractivity contribution is 5.87. The quantitative estimate of drug-likeness (QED) is 0.836. The number of ether oxygens (including phenoxy) is 1. The van der Waals surface area contributed by atoms with Crippen LogP contribution >= 0.6 is 0 Å². The van der Waals surface area contributed by atoms with Crippen molar-refractivity contribution in [3.63, 3.8) is 0 Å². The van der Waals surface area contributed by atoms with Gasteiger partial charge < -0.3 is 15.0 Å². The minimum absolute atomic E-state index is 0.294.